The Morgan fingerprint density at radius 3 is 2.47 bits per heavy atom. The maximum Gasteiger partial charge on any atom is 0.274 e. The molecule has 1 unspecified atom stereocenters. The van der Waals surface area contributed by atoms with Gasteiger partial charge in [0, 0.05) is 50.9 Å². The smallest absolute Gasteiger partial charge is 0.274 e. The molecule has 306 valence electrons. The Bertz CT molecular complexity index is 2540. The topological polar surface area (TPSA) is 208 Å². The van der Waals surface area contributed by atoms with Crippen LogP contribution in [0.1, 0.15) is 84.6 Å². The number of benzene rings is 2. The molecule has 1 fully saturated rings. The summed E-state index contributed by atoms with van der Waals surface area (Å²) in [6, 6.07) is 15.2. The summed E-state index contributed by atoms with van der Waals surface area (Å²) in [5, 5.41) is 10.3. The number of hydrogen-bond donors (Lipinski definition) is 2. The SMILES string of the molecule is CN1C(=O)CCC(N2C(=O)c3cccc(NCCC(C)(C)OCCC(C)(C)Oc4ccc(C(=O)Nc5ccc6oc(-c7ccc(=O)n(C)n7)nc6c5)nc4)c3C2=O)C1=O. The van der Waals surface area contributed by atoms with E-state index in [1.165, 1.54) is 37.1 Å². The quantitative estimate of drug-likeness (QED) is 0.145. The Hall–Kier alpha value is -6.75. The number of likely N-dealkylation sites (tertiary alicyclic amines) is 1. The molecule has 2 N–H and O–H groups in total. The van der Waals surface area contributed by atoms with Crippen LogP contribution >= 0.6 is 0 Å². The van der Waals surface area contributed by atoms with E-state index in [-0.39, 0.29) is 47.0 Å². The van der Waals surface area contributed by atoms with Crippen molar-refractivity contribution in [3.63, 3.8) is 0 Å². The van der Waals surface area contributed by atoms with E-state index in [9.17, 15) is 28.8 Å². The summed E-state index contributed by atoms with van der Waals surface area (Å²) in [6.45, 7) is 8.59. The molecule has 59 heavy (non-hydrogen) atoms. The number of carbonyl (C=O) groups is 5. The highest BCUT2D eigenvalue weighted by Crippen LogP contribution is 2.34. The number of imide groups is 2. The zero-order valence-corrected chi connectivity index (χ0v) is 33.5. The van der Waals surface area contributed by atoms with Crippen LogP contribution in [0, 0.1) is 0 Å². The van der Waals surface area contributed by atoms with Crippen LogP contribution in [-0.4, -0.2) is 96.5 Å². The minimum absolute atomic E-state index is 0.0731. The Morgan fingerprint density at radius 1 is 0.932 bits per heavy atom. The van der Waals surface area contributed by atoms with Gasteiger partial charge in [0.05, 0.1) is 29.5 Å². The first kappa shape index (κ1) is 40.4. The molecule has 0 aliphatic carbocycles. The maximum absolute atomic E-state index is 13.5. The van der Waals surface area contributed by atoms with Gasteiger partial charge in [0.15, 0.2) is 5.58 Å². The molecule has 2 aromatic carbocycles. The molecule has 1 atom stereocenters. The number of pyridine rings is 1. The van der Waals surface area contributed by atoms with Crippen LogP contribution in [0.5, 0.6) is 5.75 Å². The van der Waals surface area contributed by atoms with Crippen LogP contribution < -0.4 is 20.9 Å². The number of hydrogen-bond acceptors (Lipinski definition) is 13. The Morgan fingerprint density at radius 2 is 1.73 bits per heavy atom. The normalized spacial score (nSPS) is 15.9. The number of aromatic nitrogens is 4. The molecular formula is C42H44N8O9. The minimum Gasteiger partial charge on any atom is -0.486 e. The summed E-state index contributed by atoms with van der Waals surface area (Å²) in [4.78, 5) is 87.1. The average Bonchev–Trinajstić information content (AvgIpc) is 3.73. The van der Waals surface area contributed by atoms with Gasteiger partial charge in [-0.2, -0.15) is 5.10 Å². The molecule has 5 amide bonds. The molecule has 5 heterocycles. The van der Waals surface area contributed by atoms with E-state index >= 15 is 0 Å². The molecule has 0 saturated carbocycles. The number of piperidine rings is 1. The van der Waals surface area contributed by atoms with Gasteiger partial charge in [-0.05, 0) is 89.1 Å². The fourth-order valence-corrected chi connectivity index (χ4v) is 6.89. The van der Waals surface area contributed by atoms with E-state index in [1.54, 1.807) is 48.5 Å². The monoisotopic (exact) mass is 804 g/mol. The van der Waals surface area contributed by atoms with Gasteiger partial charge >= 0.3 is 0 Å². The second-order valence-corrected chi connectivity index (χ2v) is 15.7. The van der Waals surface area contributed by atoms with E-state index in [4.69, 9.17) is 13.9 Å². The molecule has 2 aliphatic rings. The first-order chi connectivity index (χ1) is 28.0. The van der Waals surface area contributed by atoms with Crippen molar-refractivity contribution in [1.29, 1.82) is 0 Å². The highest BCUT2D eigenvalue weighted by Gasteiger charge is 2.47. The lowest BCUT2D eigenvalue weighted by atomic mass is 10.0. The molecule has 0 radical (unpaired) electrons. The molecule has 0 spiro atoms. The van der Waals surface area contributed by atoms with Crippen molar-refractivity contribution in [3.05, 3.63) is 94.0 Å². The van der Waals surface area contributed by atoms with E-state index in [0.717, 1.165) is 9.80 Å². The number of oxazole rings is 1. The lowest BCUT2D eigenvalue weighted by Crippen LogP contribution is -2.54. The number of nitrogens with zero attached hydrogens (tertiary/aromatic N) is 6. The van der Waals surface area contributed by atoms with Crippen LogP contribution in [0.25, 0.3) is 22.7 Å². The predicted molar refractivity (Wildman–Crippen MR) is 215 cm³/mol. The Kier molecular flexibility index (Phi) is 10.9. The fourth-order valence-electron chi connectivity index (χ4n) is 6.89. The second-order valence-electron chi connectivity index (χ2n) is 15.7. The number of amides is 5. The van der Waals surface area contributed by atoms with Crippen molar-refractivity contribution < 1.29 is 37.9 Å². The average molecular weight is 805 g/mol. The van der Waals surface area contributed by atoms with Crippen LogP contribution in [0.4, 0.5) is 11.4 Å². The molecule has 17 heteroatoms. The minimum atomic E-state index is -1.02. The molecule has 5 aromatic rings. The number of anilines is 2. The van der Waals surface area contributed by atoms with E-state index < -0.39 is 40.9 Å². The summed E-state index contributed by atoms with van der Waals surface area (Å²) in [5.74, 6) is -1.72. The van der Waals surface area contributed by atoms with Gasteiger partial charge in [-0.3, -0.25) is 38.6 Å². The largest absolute Gasteiger partial charge is 0.486 e. The van der Waals surface area contributed by atoms with Gasteiger partial charge in [-0.1, -0.05) is 6.07 Å². The van der Waals surface area contributed by atoms with Crippen LogP contribution in [0.3, 0.4) is 0 Å². The molecule has 0 bridgehead atoms. The number of nitrogens with one attached hydrogen (secondary N) is 2. The molecule has 2 aliphatic heterocycles. The zero-order chi connectivity index (χ0) is 42.2. The van der Waals surface area contributed by atoms with E-state index in [1.807, 2.05) is 27.7 Å². The van der Waals surface area contributed by atoms with Crippen LogP contribution in [0.2, 0.25) is 0 Å². The van der Waals surface area contributed by atoms with Gasteiger partial charge in [0.1, 0.15) is 34.3 Å². The van der Waals surface area contributed by atoms with Crippen molar-refractivity contribution in [3.8, 4) is 17.3 Å². The Balaban J connectivity index is 0.877. The lowest BCUT2D eigenvalue weighted by Gasteiger charge is -2.32. The van der Waals surface area contributed by atoms with E-state index in [0.29, 0.717) is 59.9 Å². The highest BCUT2D eigenvalue weighted by atomic mass is 16.5. The zero-order valence-electron chi connectivity index (χ0n) is 33.5. The number of likely N-dealkylation sites (N-methyl/N-ethyl adjacent to an activating group) is 1. The first-order valence-electron chi connectivity index (χ1n) is 19.1. The fraction of sp³-hybridized carbons (Fsp3) is 0.357. The van der Waals surface area contributed by atoms with Crippen molar-refractivity contribution in [2.75, 3.05) is 30.8 Å². The van der Waals surface area contributed by atoms with E-state index in [2.05, 4.69) is 25.7 Å². The molecule has 7 rings (SSSR count). The van der Waals surface area contributed by atoms with Crippen molar-refractivity contribution >= 4 is 52.0 Å². The molecular weight excluding hydrogens is 761 g/mol. The first-order valence-corrected chi connectivity index (χ1v) is 19.1. The van der Waals surface area contributed by atoms with Gasteiger partial charge in [-0.25, -0.2) is 14.6 Å². The van der Waals surface area contributed by atoms with Gasteiger partial charge < -0.3 is 24.5 Å². The van der Waals surface area contributed by atoms with Gasteiger partial charge in [-0.15, -0.1) is 0 Å². The standard InChI is InChI=1S/C42H44N8O9/c1-41(2,18-20-43-27-9-7-8-26-35(27)40(56)50(38(26)54)31-14-17-33(51)48(5)39(31)55)57-21-19-42(3,4)59-25-11-12-28(44-23-25)36(53)45-24-10-15-32-30(22-24)46-37(58-32)29-13-16-34(52)49(6)47-29/h7-13,15-16,22-23,31,43H,14,17-21H2,1-6H3,(H,45,53). The second kappa shape index (κ2) is 15.9. The summed E-state index contributed by atoms with van der Waals surface area (Å²) in [6.07, 6.45) is 2.76. The maximum atomic E-state index is 13.5. The highest BCUT2D eigenvalue weighted by molar-refractivity contribution is 6.25. The Labute approximate surface area is 338 Å². The van der Waals surface area contributed by atoms with Crippen molar-refractivity contribution in [1.82, 2.24) is 29.5 Å². The number of ether oxygens (including phenoxy) is 2. The summed E-state index contributed by atoms with van der Waals surface area (Å²) < 4.78 is 19.4. The summed E-state index contributed by atoms with van der Waals surface area (Å²) in [5.41, 5.74) is 1.52. The number of carbonyl (C=O) groups excluding carboxylic acids is 5. The molecule has 17 nitrogen and oxygen atoms in total. The van der Waals surface area contributed by atoms with Gasteiger partial charge in [0.25, 0.3) is 29.2 Å². The van der Waals surface area contributed by atoms with Crippen molar-refractivity contribution in [2.24, 2.45) is 7.05 Å². The lowest BCUT2D eigenvalue weighted by molar-refractivity contribution is -0.149. The van der Waals surface area contributed by atoms with Crippen LogP contribution in [0.15, 0.2) is 76.1 Å². The van der Waals surface area contributed by atoms with Crippen molar-refractivity contribution in [2.45, 2.75) is 70.6 Å². The van der Waals surface area contributed by atoms with Crippen LogP contribution in [-0.2, 0) is 21.4 Å². The number of rotatable bonds is 14. The third-order valence-electron chi connectivity index (χ3n) is 10.3. The summed E-state index contributed by atoms with van der Waals surface area (Å²) >= 11 is 0. The number of aryl methyl sites for hydroxylation is 1. The van der Waals surface area contributed by atoms with Gasteiger partial charge in [0.2, 0.25) is 11.8 Å². The molecule has 1 saturated heterocycles. The molecule has 3 aromatic heterocycles. The number of fused-ring (bicyclic) bond motifs is 2. The predicted octanol–water partition coefficient (Wildman–Crippen LogP) is 4.82. The third kappa shape index (κ3) is 8.60. The summed E-state index contributed by atoms with van der Waals surface area (Å²) in [7, 11) is 2.90. The third-order valence-corrected chi connectivity index (χ3v) is 10.3.